The standard InChI is InChI=1S/C26H39N3O8Si/c1-17-15-29(25(34)27-24(17)33)22-14-18(19(36-22)16-35-38(5,6)26(2,3)4)37-23(32)10-8-7-9-13-28-20(30)11-12-21(28)31/h11-12,15,18-19,22H,7-10,13-14,16H2,1-6H3,(H,27,33,34)/t18-,19+,22+/m0/s1. The minimum Gasteiger partial charge on any atom is -0.459 e. The number of esters is 1. The van der Waals surface area contributed by atoms with Crippen LogP contribution in [-0.4, -0.2) is 65.9 Å². The normalized spacial score (nSPS) is 21.9. The lowest BCUT2D eigenvalue weighted by atomic mass is 10.1. The average Bonchev–Trinajstić information content (AvgIpc) is 3.36. The molecule has 2 amide bonds. The monoisotopic (exact) mass is 549 g/mol. The van der Waals surface area contributed by atoms with Gasteiger partial charge in [0.15, 0.2) is 8.32 Å². The molecule has 3 rings (SSSR count). The van der Waals surface area contributed by atoms with E-state index in [0.29, 0.717) is 31.4 Å². The number of carbonyl (C=O) groups is 3. The first-order valence-electron chi connectivity index (χ1n) is 13.0. The lowest BCUT2D eigenvalue weighted by Crippen LogP contribution is -2.44. The minimum atomic E-state index is -2.11. The number of imide groups is 1. The van der Waals surface area contributed by atoms with Crippen LogP contribution in [0.5, 0.6) is 0 Å². The van der Waals surface area contributed by atoms with E-state index in [2.05, 4.69) is 38.8 Å². The molecule has 1 N–H and O–H groups in total. The van der Waals surface area contributed by atoms with Gasteiger partial charge >= 0.3 is 11.7 Å². The molecule has 3 heterocycles. The Morgan fingerprint density at radius 3 is 2.39 bits per heavy atom. The lowest BCUT2D eigenvalue weighted by molar-refractivity contribution is -0.153. The zero-order chi connectivity index (χ0) is 28.3. The van der Waals surface area contributed by atoms with Crippen molar-refractivity contribution in [3.8, 4) is 0 Å². The van der Waals surface area contributed by atoms with Crippen molar-refractivity contribution in [1.82, 2.24) is 14.5 Å². The SMILES string of the molecule is Cc1cn([C@H]2C[C@H](OC(=O)CCCCCN3C(=O)C=CC3=O)[C@@H](CO[Si](C)(C)C(C)(C)C)O2)c(=O)[nH]c1=O. The summed E-state index contributed by atoms with van der Waals surface area (Å²) in [6, 6.07) is 0. The number of H-pyrrole nitrogens is 1. The Labute approximate surface area is 223 Å². The molecule has 0 spiro atoms. The highest BCUT2D eigenvalue weighted by atomic mass is 28.4. The van der Waals surface area contributed by atoms with Gasteiger partial charge in [-0.2, -0.15) is 0 Å². The summed E-state index contributed by atoms with van der Waals surface area (Å²) in [5.74, 6) is -1.02. The van der Waals surface area contributed by atoms with Crippen molar-refractivity contribution in [2.24, 2.45) is 0 Å². The molecular formula is C26H39N3O8Si. The fourth-order valence-corrected chi connectivity index (χ4v) is 5.06. The number of carbonyl (C=O) groups excluding carboxylic acids is 3. The number of aromatic nitrogens is 2. The van der Waals surface area contributed by atoms with Crippen LogP contribution in [0.4, 0.5) is 0 Å². The highest BCUT2D eigenvalue weighted by Crippen LogP contribution is 2.38. The van der Waals surface area contributed by atoms with Gasteiger partial charge in [-0.3, -0.25) is 33.6 Å². The van der Waals surface area contributed by atoms with Gasteiger partial charge in [-0.25, -0.2) is 4.79 Å². The van der Waals surface area contributed by atoms with Crippen LogP contribution in [0.25, 0.3) is 0 Å². The summed E-state index contributed by atoms with van der Waals surface area (Å²) in [5.41, 5.74) is -0.678. The first-order chi connectivity index (χ1) is 17.7. The smallest absolute Gasteiger partial charge is 0.330 e. The molecule has 1 aromatic rings. The Morgan fingerprint density at radius 2 is 1.76 bits per heavy atom. The number of hydrogen-bond donors (Lipinski definition) is 1. The molecular weight excluding hydrogens is 510 g/mol. The number of rotatable bonds is 11. The number of ether oxygens (including phenoxy) is 2. The van der Waals surface area contributed by atoms with Crippen LogP contribution >= 0.6 is 0 Å². The first kappa shape index (κ1) is 29.7. The predicted molar refractivity (Wildman–Crippen MR) is 142 cm³/mol. The maximum absolute atomic E-state index is 12.7. The molecule has 0 aliphatic carbocycles. The number of aromatic amines is 1. The van der Waals surface area contributed by atoms with Gasteiger partial charge < -0.3 is 13.9 Å². The van der Waals surface area contributed by atoms with Crippen LogP contribution in [0.2, 0.25) is 18.1 Å². The lowest BCUT2D eigenvalue weighted by Gasteiger charge is -2.37. The summed E-state index contributed by atoms with van der Waals surface area (Å²) in [4.78, 5) is 63.7. The largest absolute Gasteiger partial charge is 0.459 e. The Bertz CT molecular complexity index is 1180. The zero-order valence-corrected chi connectivity index (χ0v) is 24.1. The van der Waals surface area contributed by atoms with Crippen molar-refractivity contribution in [3.63, 3.8) is 0 Å². The fraction of sp³-hybridized carbons (Fsp3) is 0.654. The zero-order valence-electron chi connectivity index (χ0n) is 23.1. The minimum absolute atomic E-state index is 0.0233. The van der Waals surface area contributed by atoms with Crippen molar-refractivity contribution < 1.29 is 28.3 Å². The van der Waals surface area contributed by atoms with Gasteiger partial charge in [0, 0.05) is 43.3 Å². The van der Waals surface area contributed by atoms with E-state index in [4.69, 9.17) is 13.9 Å². The Balaban J connectivity index is 1.60. The molecule has 2 aliphatic rings. The van der Waals surface area contributed by atoms with Gasteiger partial charge in [0.05, 0.1) is 6.61 Å². The second kappa shape index (κ2) is 11.9. The summed E-state index contributed by atoms with van der Waals surface area (Å²) in [7, 11) is -2.11. The Morgan fingerprint density at radius 1 is 1.11 bits per heavy atom. The first-order valence-corrected chi connectivity index (χ1v) is 15.9. The molecule has 0 saturated carbocycles. The van der Waals surface area contributed by atoms with E-state index in [1.807, 2.05) is 0 Å². The third kappa shape index (κ3) is 7.17. The van der Waals surface area contributed by atoms with Gasteiger partial charge in [-0.15, -0.1) is 0 Å². The molecule has 12 heteroatoms. The number of amides is 2. The summed E-state index contributed by atoms with van der Waals surface area (Å²) in [6.07, 6.45) is 4.26. The number of hydrogen-bond acceptors (Lipinski definition) is 8. The second-order valence-electron chi connectivity index (χ2n) is 11.4. The molecule has 2 aliphatic heterocycles. The summed E-state index contributed by atoms with van der Waals surface area (Å²) in [5, 5.41) is -0.0233. The summed E-state index contributed by atoms with van der Waals surface area (Å²) < 4.78 is 19.6. The Hall–Kier alpha value is -2.83. The Kier molecular flexibility index (Phi) is 9.32. The number of nitrogens with zero attached hydrogens (tertiary/aromatic N) is 2. The van der Waals surface area contributed by atoms with Crippen LogP contribution in [0.1, 0.15) is 64.7 Å². The molecule has 0 aromatic carbocycles. The van der Waals surface area contributed by atoms with E-state index in [0.717, 1.165) is 0 Å². The number of unbranched alkanes of at least 4 members (excludes halogenated alkanes) is 2. The van der Waals surface area contributed by atoms with Gasteiger partial charge in [0.25, 0.3) is 17.4 Å². The van der Waals surface area contributed by atoms with E-state index >= 15 is 0 Å². The molecule has 3 atom stereocenters. The fourth-order valence-electron chi connectivity index (χ4n) is 4.05. The van der Waals surface area contributed by atoms with Gasteiger partial charge in [-0.05, 0) is 37.9 Å². The molecule has 0 bridgehead atoms. The molecule has 1 fully saturated rings. The summed E-state index contributed by atoms with van der Waals surface area (Å²) >= 11 is 0. The topological polar surface area (TPSA) is 137 Å². The van der Waals surface area contributed by atoms with Crippen molar-refractivity contribution in [2.75, 3.05) is 13.2 Å². The van der Waals surface area contributed by atoms with Gasteiger partial charge in [0.1, 0.15) is 18.4 Å². The third-order valence-electron chi connectivity index (χ3n) is 7.50. The molecule has 210 valence electrons. The van der Waals surface area contributed by atoms with E-state index in [1.165, 1.54) is 27.8 Å². The quantitative estimate of drug-likeness (QED) is 0.192. The van der Waals surface area contributed by atoms with Crippen LogP contribution in [0.15, 0.2) is 27.9 Å². The molecule has 11 nitrogen and oxygen atoms in total. The van der Waals surface area contributed by atoms with Crippen molar-refractivity contribution >= 4 is 26.1 Å². The van der Waals surface area contributed by atoms with Crippen LogP contribution in [0, 0.1) is 6.92 Å². The van der Waals surface area contributed by atoms with E-state index in [1.54, 1.807) is 6.92 Å². The average molecular weight is 550 g/mol. The highest BCUT2D eigenvalue weighted by Gasteiger charge is 2.43. The van der Waals surface area contributed by atoms with Crippen LogP contribution < -0.4 is 11.2 Å². The second-order valence-corrected chi connectivity index (χ2v) is 16.2. The van der Waals surface area contributed by atoms with Crippen LogP contribution in [0.3, 0.4) is 0 Å². The highest BCUT2D eigenvalue weighted by molar-refractivity contribution is 6.74. The van der Waals surface area contributed by atoms with E-state index < -0.39 is 44.0 Å². The molecule has 1 aromatic heterocycles. The molecule has 38 heavy (non-hydrogen) atoms. The van der Waals surface area contributed by atoms with Crippen molar-refractivity contribution in [3.05, 3.63) is 44.8 Å². The molecule has 1 saturated heterocycles. The van der Waals surface area contributed by atoms with Crippen LogP contribution in [-0.2, 0) is 28.3 Å². The van der Waals surface area contributed by atoms with Crippen molar-refractivity contribution in [2.45, 2.75) is 96.4 Å². The van der Waals surface area contributed by atoms with Gasteiger partial charge in [0.2, 0.25) is 0 Å². The number of nitrogens with one attached hydrogen (secondary N) is 1. The molecule has 0 unspecified atom stereocenters. The van der Waals surface area contributed by atoms with Crippen molar-refractivity contribution in [1.29, 1.82) is 0 Å². The maximum Gasteiger partial charge on any atom is 0.330 e. The maximum atomic E-state index is 12.7. The van der Waals surface area contributed by atoms with E-state index in [9.17, 15) is 24.0 Å². The predicted octanol–water partition coefficient (Wildman–Crippen LogP) is 2.55. The third-order valence-corrected chi connectivity index (χ3v) is 12.0. The van der Waals surface area contributed by atoms with E-state index in [-0.39, 0.29) is 36.3 Å². The summed E-state index contributed by atoms with van der Waals surface area (Å²) in [6.45, 7) is 12.8. The number of aryl methyl sites for hydroxylation is 1. The van der Waals surface area contributed by atoms with Gasteiger partial charge in [-0.1, -0.05) is 27.2 Å². The molecule has 0 radical (unpaired) electrons.